The zero-order valence-corrected chi connectivity index (χ0v) is 36.6. The van der Waals surface area contributed by atoms with Gasteiger partial charge in [0.05, 0.1) is 0 Å². The number of aromatic nitrogens is 3. The molecule has 2 heterocycles. The Hall–Kier alpha value is -5.94. The molecule has 0 atom stereocenters. The van der Waals surface area contributed by atoms with Crippen LogP contribution in [0.15, 0.2) is 114 Å². The first-order chi connectivity index (χ1) is 28.8. The van der Waals surface area contributed by atoms with Crippen LogP contribution in [0.1, 0.15) is 0 Å². The first-order valence-corrected chi connectivity index (χ1v) is 21.0. The Bertz CT molecular complexity index is 3180. The third kappa shape index (κ3) is 6.36. The van der Waals surface area contributed by atoms with Crippen LogP contribution < -0.4 is 60.1 Å². The van der Waals surface area contributed by atoms with Crippen molar-refractivity contribution >= 4 is 168 Å². The van der Waals surface area contributed by atoms with Gasteiger partial charge in [-0.2, -0.15) is 0 Å². The first kappa shape index (κ1) is 39.5. The summed E-state index contributed by atoms with van der Waals surface area (Å²) in [6.45, 7) is 0. The molecular weight excluding hydrogens is 717 g/mol. The third-order valence-electron chi connectivity index (χ3n) is 13.6. The molecule has 0 amide bonds. The molecule has 9 aromatic rings. The van der Waals surface area contributed by atoms with Gasteiger partial charge in [-0.25, -0.2) is 15.0 Å². The van der Waals surface area contributed by atoms with Gasteiger partial charge in [0.2, 0.25) is 0 Å². The summed E-state index contributed by atoms with van der Waals surface area (Å²) in [6, 6.07) is 38.1. The fourth-order valence-corrected chi connectivity index (χ4v) is 9.38. The van der Waals surface area contributed by atoms with E-state index in [1.54, 1.807) is 0 Å². The van der Waals surface area contributed by atoms with Crippen molar-refractivity contribution in [3.8, 4) is 67.5 Å². The van der Waals surface area contributed by atoms with Crippen molar-refractivity contribution in [3.05, 3.63) is 109 Å². The van der Waals surface area contributed by atoms with Crippen LogP contribution in [0.25, 0.3) is 89.5 Å². The van der Waals surface area contributed by atoms with Gasteiger partial charge >= 0.3 is 0 Å². The lowest BCUT2D eigenvalue weighted by molar-refractivity contribution is 0.673. The highest BCUT2D eigenvalue weighted by molar-refractivity contribution is 6.71. The summed E-state index contributed by atoms with van der Waals surface area (Å²) in [6.07, 6.45) is 0. The molecule has 0 spiro atoms. The third-order valence-corrected chi connectivity index (χ3v) is 13.6. The van der Waals surface area contributed by atoms with Crippen LogP contribution in [0.2, 0.25) is 0 Å². The SMILES string of the molecule is Bc1c(B)c(B)c(-c2c(B)c(-c3nc(-c4ccc(-c5ccccc5)cc4)nc(-c4cccc(-c5ccccc5)c4)n3)c(B)c3c2oc2c(B)c(B)c(B)c(B)c23)c(B)c1B. The van der Waals surface area contributed by atoms with Crippen LogP contribution in [0.5, 0.6) is 0 Å². The number of furan rings is 1. The van der Waals surface area contributed by atoms with E-state index in [1.807, 2.05) is 12.1 Å². The van der Waals surface area contributed by atoms with Crippen molar-refractivity contribution in [2.75, 3.05) is 0 Å². The van der Waals surface area contributed by atoms with Gasteiger partial charge in [-0.1, -0.05) is 141 Å². The smallest absolute Gasteiger partial charge is 0.164 e. The zero-order valence-electron chi connectivity index (χ0n) is 36.6. The summed E-state index contributed by atoms with van der Waals surface area (Å²) in [5.74, 6) is 1.91. The Morgan fingerprint density at radius 2 is 0.717 bits per heavy atom. The van der Waals surface area contributed by atoms with E-state index in [0.717, 1.165) is 66.4 Å². The van der Waals surface area contributed by atoms with Gasteiger partial charge < -0.3 is 4.42 Å². The zero-order chi connectivity index (χ0) is 42.1. The van der Waals surface area contributed by atoms with E-state index in [9.17, 15) is 0 Å². The summed E-state index contributed by atoms with van der Waals surface area (Å²) in [5.41, 5.74) is 25.3. The van der Waals surface area contributed by atoms with Crippen LogP contribution in [0.3, 0.4) is 0 Å². The van der Waals surface area contributed by atoms with Crippen molar-refractivity contribution in [2.45, 2.75) is 0 Å². The highest BCUT2D eigenvalue weighted by Crippen LogP contribution is 2.35. The minimum absolute atomic E-state index is 0.630. The molecule has 15 heteroatoms. The normalized spacial score (nSPS) is 11.4. The topological polar surface area (TPSA) is 51.8 Å². The molecule has 9 rings (SSSR count). The van der Waals surface area contributed by atoms with Gasteiger partial charge in [0.15, 0.2) is 17.5 Å². The molecule has 0 aliphatic heterocycles. The van der Waals surface area contributed by atoms with Crippen molar-refractivity contribution in [2.24, 2.45) is 0 Å². The lowest BCUT2D eigenvalue weighted by Gasteiger charge is -2.24. The molecule has 0 bridgehead atoms. The van der Waals surface area contributed by atoms with Gasteiger partial charge in [-0.05, 0) is 33.9 Å². The van der Waals surface area contributed by atoms with Crippen molar-refractivity contribution in [3.63, 3.8) is 0 Å². The lowest BCUT2D eigenvalue weighted by Crippen LogP contribution is -2.55. The van der Waals surface area contributed by atoms with E-state index >= 15 is 0 Å². The van der Waals surface area contributed by atoms with Gasteiger partial charge in [0.25, 0.3) is 0 Å². The molecule has 60 heavy (non-hydrogen) atoms. The molecule has 7 aromatic carbocycles. The average molecular weight is 758 g/mol. The Kier molecular flexibility index (Phi) is 10.1. The highest BCUT2D eigenvalue weighted by Gasteiger charge is 2.28. The minimum atomic E-state index is 0.630. The maximum absolute atomic E-state index is 7.19. The van der Waals surface area contributed by atoms with Crippen LogP contribution in [-0.4, -0.2) is 101 Å². The van der Waals surface area contributed by atoms with Gasteiger partial charge in [0, 0.05) is 33.0 Å². The fraction of sp³-hybridized carbons (Fsp3) is 0. The Morgan fingerprint density at radius 3 is 1.33 bits per heavy atom. The summed E-state index contributed by atoms with van der Waals surface area (Å²) in [4.78, 5) is 16.1. The van der Waals surface area contributed by atoms with Crippen LogP contribution in [0, 0.1) is 0 Å². The van der Waals surface area contributed by atoms with E-state index in [-0.39, 0.29) is 0 Å². The second-order valence-corrected chi connectivity index (χ2v) is 16.7. The molecule has 0 N–H and O–H groups in total. The Morgan fingerprint density at radius 1 is 0.283 bits per heavy atom. The van der Waals surface area contributed by atoms with Crippen LogP contribution in [-0.2, 0) is 0 Å². The lowest BCUT2D eigenvalue weighted by atomic mass is 9.58. The van der Waals surface area contributed by atoms with Crippen molar-refractivity contribution in [1.29, 1.82) is 0 Å². The Balaban J connectivity index is 1.39. The number of hydrogen-bond donors (Lipinski definition) is 0. The molecule has 4 nitrogen and oxygen atoms in total. The quantitative estimate of drug-likeness (QED) is 0.159. The summed E-state index contributed by atoms with van der Waals surface area (Å²) in [5, 5.41) is 2.30. The molecule has 2 aromatic heterocycles. The van der Waals surface area contributed by atoms with E-state index in [2.05, 4.69) is 183 Å². The predicted molar refractivity (Wildman–Crippen MR) is 290 cm³/mol. The number of rotatable bonds is 6. The fourth-order valence-electron chi connectivity index (χ4n) is 9.38. The van der Waals surface area contributed by atoms with Crippen molar-refractivity contribution < 1.29 is 4.42 Å². The number of nitrogens with zero attached hydrogens (tertiary/aromatic N) is 3. The average Bonchev–Trinajstić information content (AvgIpc) is 3.69. The second kappa shape index (κ2) is 15.3. The molecule has 0 aliphatic carbocycles. The van der Waals surface area contributed by atoms with E-state index in [4.69, 9.17) is 19.4 Å². The molecular formula is C45H40B11N3O. The number of fused-ring (bicyclic) bond motifs is 3. The molecule has 0 radical (unpaired) electrons. The summed E-state index contributed by atoms with van der Waals surface area (Å²) >= 11 is 0. The molecule has 0 fully saturated rings. The van der Waals surface area contributed by atoms with Crippen LogP contribution >= 0.6 is 0 Å². The maximum atomic E-state index is 7.19. The summed E-state index contributed by atoms with van der Waals surface area (Å²) in [7, 11) is 24.6. The molecule has 274 valence electrons. The monoisotopic (exact) mass is 759 g/mol. The molecule has 0 saturated heterocycles. The standard InChI is InChI=1S/C45H40B11N3O/c46-30-26(25-32(48)35(51)38(54)36(52)33(25)49)41-27(28-34(50)37(53)39(55)40(56)42(28)60-41)31(47)29(30)45-58-43(22-16-14-21(15-17-22)19-8-3-1-4-9-19)57-44(59-45)24-13-7-12-23(18-24)20-10-5-2-6-11-20/h1-18H,46-56H2. The first-order valence-electron chi connectivity index (χ1n) is 21.0. The minimum Gasteiger partial charge on any atom is -0.456 e. The second-order valence-electron chi connectivity index (χ2n) is 16.7. The molecule has 0 unspecified atom stereocenters. The van der Waals surface area contributed by atoms with Gasteiger partial charge in [0.1, 0.15) is 97.5 Å². The predicted octanol–water partition coefficient (Wildman–Crippen LogP) is -7.38. The van der Waals surface area contributed by atoms with Crippen LogP contribution in [0.4, 0.5) is 0 Å². The van der Waals surface area contributed by atoms with Crippen molar-refractivity contribution in [1.82, 2.24) is 15.0 Å². The number of hydrogen-bond acceptors (Lipinski definition) is 4. The highest BCUT2D eigenvalue weighted by atomic mass is 16.3. The van der Waals surface area contributed by atoms with Gasteiger partial charge in [-0.3, -0.25) is 0 Å². The Labute approximate surface area is 362 Å². The van der Waals surface area contributed by atoms with E-state index in [0.29, 0.717) is 17.5 Å². The summed E-state index contributed by atoms with van der Waals surface area (Å²) < 4.78 is 7.19. The van der Waals surface area contributed by atoms with Gasteiger partial charge in [-0.15, -0.1) is 21.9 Å². The largest absolute Gasteiger partial charge is 0.456 e. The number of benzene rings is 7. The maximum Gasteiger partial charge on any atom is 0.164 e. The van der Waals surface area contributed by atoms with E-state index in [1.165, 1.54) is 65.7 Å². The molecule has 0 aliphatic rings. The van der Waals surface area contributed by atoms with E-state index < -0.39 is 0 Å². The molecule has 0 saturated carbocycles.